The van der Waals surface area contributed by atoms with Crippen molar-refractivity contribution in [3.63, 3.8) is 0 Å². The second-order valence-electron chi connectivity index (χ2n) is 7.27. The number of carbonyl (C=O) groups is 1. The van der Waals surface area contributed by atoms with E-state index in [-0.39, 0.29) is 23.5 Å². The van der Waals surface area contributed by atoms with Gasteiger partial charge < -0.3 is 14.6 Å². The molecule has 1 aliphatic heterocycles. The molecule has 26 heavy (non-hydrogen) atoms. The maximum atomic E-state index is 12.8. The van der Waals surface area contributed by atoms with E-state index < -0.39 is 0 Å². The Hall–Kier alpha value is -2.56. The van der Waals surface area contributed by atoms with Crippen LogP contribution in [0, 0.1) is 6.92 Å². The van der Waals surface area contributed by atoms with Crippen molar-refractivity contribution >= 4 is 5.91 Å². The number of piperidine rings is 1. The number of aryl methyl sites for hydroxylation is 1. The van der Waals surface area contributed by atoms with Crippen molar-refractivity contribution in [2.75, 3.05) is 13.1 Å². The van der Waals surface area contributed by atoms with Crippen molar-refractivity contribution in [1.29, 1.82) is 0 Å². The van der Waals surface area contributed by atoms with E-state index in [1.165, 1.54) is 11.6 Å². The number of pyridine rings is 1. The smallest absolute Gasteiger partial charge is 0.254 e. The molecule has 5 nitrogen and oxygen atoms in total. The molecule has 1 aromatic heterocycles. The Labute approximate surface area is 154 Å². The van der Waals surface area contributed by atoms with E-state index in [1.807, 2.05) is 49.9 Å². The number of nitrogens with zero attached hydrogens (tertiary/aromatic N) is 1. The van der Waals surface area contributed by atoms with E-state index in [9.17, 15) is 9.59 Å². The lowest BCUT2D eigenvalue weighted by Gasteiger charge is -2.32. The van der Waals surface area contributed by atoms with Crippen LogP contribution in [0.5, 0.6) is 5.75 Å². The summed E-state index contributed by atoms with van der Waals surface area (Å²) in [5.41, 5.74) is 2.24. The summed E-state index contributed by atoms with van der Waals surface area (Å²) < 4.78 is 6.02. The van der Waals surface area contributed by atoms with E-state index in [0.717, 1.165) is 24.3 Å². The van der Waals surface area contributed by atoms with E-state index in [0.29, 0.717) is 18.7 Å². The Morgan fingerprint density at radius 2 is 1.81 bits per heavy atom. The van der Waals surface area contributed by atoms with Crippen LogP contribution >= 0.6 is 0 Å². The SMILES string of the molecule is Cc1ccc(OC2CCN(C(=O)c3cc(C(C)C)[nH]c(=O)c3)CC2)cc1. The number of aromatic amines is 1. The minimum atomic E-state index is -0.225. The van der Waals surface area contributed by atoms with Crippen LogP contribution in [0.1, 0.15) is 54.2 Å². The standard InChI is InChI=1S/C21H26N2O3/c1-14(2)19-12-16(13-20(24)22-19)21(25)23-10-8-18(9-11-23)26-17-6-4-15(3)5-7-17/h4-7,12-14,18H,8-11H2,1-3H3,(H,22,24). The van der Waals surface area contributed by atoms with Gasteiger partial charge in [0.2, 0.25) is 5.56 Å². The van der Waals surface area contributed by atoms with E-state index >= 15 is 0 Å². The Bertz CT molecular complexity index is 816. The highest BCUT2D eigenvalue weighted by molar-refractivity contribution is 5.94. The number of ether oxygens (including phenoxy) is 1. The maximum absolute atomic E-state index is 12.8. The van der Waals surface area contributed by atoms with Gasteiger partial charge in [0, 0.05) is 43.3 Å². The molecular weight excluding hydrogens is 328 g/mol. The van der Waals surface area contributed by atoms with E-state index in [4.69, 9.17) is 4.74 Å². The number of H-pyrrole nitrogens is 1. The lowest BCUT2D eigenvalue weighted by molar-refractivity contribution is 0.0595. The van der Waals surface area contributed by atoms with Crippen LogP contribution in [0.4, 0.5) is 0 Å². The largest absolute Gasteiger partial charge is 0.490 e. The predicted octanol–water partition coefficient (Wildman–Crippen LogP) is 3.49. The van der Waals surface area contributed by atoms with Crippen molar-refractivity contribution in [3.8, 4) is 5.75 Å². The summed E-state index contributed by atoms with van der Waals surface area (Å²) in [6.07, 6.45) is 1.70. The lowest BCUT2D eigenvalue weighted by Crippen LogP contribution is -2.42. The van der Waals surface area contributed by atoms with Crippen LogP contribution in [0.25, 0.3) is 0 Å². The minimum Gasteiger partial charge on any atom is -0.490 e. The normalized spacial score (nSPS) is 15.3. The third kappa shape index (κ3) is 4.34. The van der Waals surface area contributed by atoms with Gasteiger partial charge in [-0.2, -0.15) is 0 Å². The van der Waals surface area contributed by atoms with Gasteiger partial charge in [0.25, 0.3) is 5.91 Å². The van der Waals surface area contributed by atoms with Gasteiger partial charge in [-0.15, -0.1) is 0 Å². The van der Waals surface area contributed by atoms with Crippen molar-refractivity contribution in [2.24, 2.45) is 0 Å². The zero-order valence-electron chi connectivity index (χ0n) is 15.6. The summed E-state index contributed by atoms with van der Waals surface area (Å²) in [7, 11) is 0. The minimum absolute atomic E-state index is 0.0771. The highest BCUT2D eigenvalue weighted by Crippen LogP contribution is 2.21. The third-order valence-corrected chi connectivity index (χ3v) is 4.79. The van der Waals surface area contributed by atoms with Gasteiger partial charge in [0.1, 0.15) is 11.9 Å². The van der Waals surface area contributed by atoms with Crippen molar-refractivity contribution in [2.45, 2.75) is 45.6 Å². The Kier molecular flexibility index (Phi) is 5.45. The summed E-state index contributed by atoms with van der Waals surface area (Å²) in [6, 6.07) is 11.2. The molecule has 0 unspecified atom stereocenters. The molecule has 1 aliphatic rings. The van der Waals surface area contributed by atoms with Gasteiger partial charge in [-0.25, -0.2) is 0 Å². The first-order valence-corrected chi connectivity index (χ1v) is 9.19. The summed E-state index contributed by atoms with van der Waals surface area (Å²) in [6.45, 7) is 7.31. The molecule has 138 valence electrons. The van der Waals surface area contributed by atoms with Gasteiger partial charge in [-0.05, 0) is 31.0 Å². The van der Waals surface area contributed by atoms with Gasteiger partial charge in [-0.1, -0.05) is 31.5 Å². The quantitative estimate of drug-likeness (QED) is 0.914. The molecule has 1 amide bonds. The summed E-state index contributed by atoms with van der Waals surface area (Å²) >= 11 is 0. The average Bonchev–Trinajstić information content (AvgIpc) is 2.63. The van der Waals surface area contributed by atoms with Crippen LogP contribution < -0.4 is 10.3 Å². The number of amides is 1. The first-order chi connectivity index (χ1) is 12.4. The Morgan fingerprint density at radius 1 is 1.15 bits per heavy atom. The van der Waals surface area contributed by atoms with E-state index in [2.05, 4.69) is 4.98 Å². The number of hydrogen-bond donors (Lipinski definition) is 1. The number of hydrogen-bond acceptors (Lipinski definition) is 3. The molecule has 3 rings (SSSR count). The molecule has 1 N–H and O–H groups in total. The second kappa shape index (κ2) is 7.77. The van der Waals surface area contributed by atoms with Gasteiger partial charge in [0.15, 0.2) is 0 Å². The molecule has 0 radical (unpaired) electrons. The second-order valence-corrected chi connectivity index (χ2v) is 7.27. The fourth-order valence-electron chi connectivity index (χ4n) is 3.17. The van der Waals surface area contributed by atoms with Crippen LogP contribution in [-0.2, 0) is 0 Å². The zero-order valence-corrected chi connectivity index (χ0v) is 15.6. The molecule has 0 aliphatic carbocycles. The monoisotopic (exact) mass is 354 g/mol. The molecule has 0 spiro atoms. The molecular formula is C21H26N2O3. The first-order valence-electron chi connectivity index (χ1n) is 9.19. The van der Waals surface area contributed by atoms with Gasteiger partial charge in [0.05, 0.1) is 0 Å². The molecule has 2 heterocycles. The van der Waals surface area contributed by atoms with Crippen molar-refractivity contribution < 1.29 is 9.53 Å². The molecule has 1 saturated heterocycles. The van der Waals surface area contributed by atoms with Crippen LogP contribution in [-0.4, -0.2) is 35.0 Å². The molecule has 0 atom stereocenters. The van der Waals surface area contributed by atoms with Crippen molar-refractivity contribution in [1.82, 2.24) is 9.88 Å². The molecule has 2 aromatic rings. The van der Waals surface area contributed by atoms with Crippen molar-refractivity contribution in [3.05, 3.63) is 63.6 Å². The molecule has 5 heteroatoms. The summed E-state index contributed by atoms with van der Waals surface area (Å²) in [4.78, 5) is 29.2. The Balaban J connectivity index is 1.61. The number of benzene rings is 1. The average molecular weight is 354 g/mol. The zero-order chi connectivity index (χ0) is 18.7. The van der Waals surface area contributed by atoms with Gasteiger partial charge >= 0.3 is 0 Å². The Morgan fingerprint density at radius 3 is 2.42 bits per heavy atom. The predicted molar refractivity (Wildman–Crippen MR) is 102 cm³/mol. The fraction of sp³-hybridized carbons (Fsp3) is 0.429. The highest BCUT2D eigenvalue weighted by atomic mass is 16.5. The fourth-order valence-corrected chi connectivity index (χ4v) is 3.17. The van der Waals surface area contributed by atoms with E-state index in [1.54, 1.807) is 6.07 Å². The van der Waals surface area contributed by atoms with Crippen LogP contribution in [0.3, 0.4) is 0 Å². The number of nitrogens with one attached hydrogen (secondary N) is 1. The van der Waals surface area contributed by atoms with Crippen LogP contribution in [0.2, 0.25) is 0 Å². The number of carbonyl (C=O) groups excluding carboxylic acids is 1. The number of aromatic nitrogens is 1. The molecule has 0 saturated carbocycles. The summed E-state index contributed by atoms with van der Waals surface area (Å²) in [5.74, 6) is 0.965. The number of rotatable bonds is 4. The maximum Gasteiger partial charge on any atom is 0.254 e. The lowest BCUT2D eigenvalue weighted by atomic mass is 10.0. The van der Waals surface area contributed by atoms with Crippen LogP contribution in [0.15, 0.2) is 41.2 Å². The molecule has 1 aromatic carbocycles. The number of likely N-dealkylation sites (tertiary alicyclic amines) is 1. The third-order valence-electron chi connectivity index (χ3n) is 4.79. The topological polar surface area (TPSA) is 62.4 Å². The molecule has 0 bridgehead atoms. The first kappa shape index (κ1) is 18.2. The molecule has 1 fully saturated rings. The summed E-state index contributed by atoms with van der Waals surface area (Å²) in [5, 5.41) is 0. The highest BCUT2D eigenvalue weighted by Gasteiger charge is 2.25. The van der Waals surface area contributed by atoms with Gasteiger partial charge in [-0.3, -0.25) is 9.59 Å².